The van der Waals surface area contributed by atoms with E-state index < -0.39 is 0 Å². The number of aromatic nitrogens is 5. The highest BCUT2D eigenvalue weighted by Gasteiger charge is 2.13. The van der Waals surface area contributed by atoms with Crippen molar-refractivity contribution in [1.29, 1.82) is 0 Å². The summed E-state index contributed by atoms with van der Waals surface area (Å²) in [4.78, 5) is 16.0. The van der Waals surface area contributed by atoms with Crippen LogP contribution in [-0.2, 0) is 12.3 Å². The Labute approximate surface area is 144 Å². The van der Waals surface area contributed by atoms with Gasteiger partial charge >= 0.3 is 5.69 Å². The predicted octanol–water partition coefficient (Wildman–Crippen LogP) is 3.09. The van der Waals surface area contributed by atoms with Crippen molar-refractivity contribution in [2.24, 2.45) is 0 Å². The molecule has 120 valence electrons. The molecule has 2 aromatic heterocycles. The molecular weight excluding hydrogens is 382 g/mol. The molecule has 0 fully saturated rings. The molecule has 0 unspecified atom stereocenters. The largest absolute Gasteiger partial charge is 0.343 e. The molecule has 2 heterocycles. The Morgan fingerprint density at radius 1 is 1.43 bits per heavy atom. The molecule has 0 bridgehead atoms. The van der Waals surface area contributed by atoms with E-state index in [1.54, 1.807) is 4.57 Å². The summed E-state index contributed by atoms with van der Waals surface area (Å²) < 4.78 is 7.83. The third kappa shape index (κ3) is 3.73. The number of benzene rings is 1. The summed E-state index contributed by atoms with van der Waals surface area (Å²) in [5.74, 6) is 1.48. The van der Waals surface area contributed by atoms with Gasteiger partial charge in [0.1, 0.15) is 0 Å². The lowest BCUT2D eigenvalue weighted by Gasteiger charge is -2.01. The molecule has 9 heteroatoms. The average molecular weight is 396 g/mol. The number of hydrogen-bond acceptors (Lipinski definition) is 6. The summed E-state index contributed by atoms with van der Waals surface area (Å²) >= 11 is 4.81. The molecule has 23 heavy (non-hydrogen) atoms. The summed E-state index contributed by atoms with van der Waals surface area (Å²) in [6.07, 6.45) is 0.862. The second kappa shape index (κ2) is 7.14. The Bertz CT molecular complexity index is 857. The molecule has 0 atom stereocenters. The Balaban J connectivity index is 1.72. The molecule has 7 nitrogen and oxygen atoms in total. The Morgan fingerprint density at radius 3 is 3.09 bits per heavy atom. The van der Waals surface area contributed by atoms with Crippen molar-refractivity contribution in [3.63, 3.8) is 0 Å². The molecule has 3 aromatic rings. The molecule has 0 radical (unpaired) electrons. The van der Waals surface area contributed by atoms with Gasteiger partial charge in [0, 0.05) is 16.6 Å². The minimum absolute atomic E-state index is 0.199. The number of H-pyrrole nitrogens is 1. The van der Waals surface area contributed by atoms with Crippen LogP contribution in [0.5, 0.6) is 0 Å². The van der Waals surface area contributed by atoms with Gasteiger partial charge in [0.25, 0.3) is 0 Å². The van der Waals surface area contributed by atoms with Crippen molar-refractivity contribution < 1.29 is 4.52 Å². The smallest absolute Gasteiger partial charge is 0.338 e. The standard InChI is InChI=1S/C14H14BrN5O2S/c1-2-6-20-13(21)17-18-14(20)23-8-11-16-12(19-22-11)9-4-3-5-10(15)7-9/h3-5,7H,2,6,8H2,1H3,(H,17,21). The first-order valence-electron chi connectivity index (χ1n) is 7.04. The van der Waals surface area contributed by atoms with Crippen molar-refractivity contribution in [3.05, 3.63) is 45.1 Å². The molecule has 0 aliphatic carbocycles. The highest BCUT2D eigenvalue weighted by atomic mass is 79.9. The number of halogens is 1. The molecule has 0 saturated carbocycles. The van der Waals surface area contributed by atoms with E-state index in [1.807, 2.05) is 31.2 Å². The summed E-state index contributed by atoms with van der Waals surface area (Å²) in [5.41, 5.74) is 0.678. The summed E-state index contributed by atoms with van der Waals surface area (Å²) in [6, 6.07) is 7.69. The van der Waals surface area contributed by atoms with Crippen LogP contribution in [0.2, 0.25) is 0 Å². The minimum atomic E-state index is -0.199. The van der Waals surface area contributed by atoms with Crippen LogP contribution in [0.4, 0.5) is 0 Å². The van der Waals surface area contributed by atoms with E-state index in [2.05, 4.69) is 36.3 Å². The second-order valence-corrected chi connectivity index (χ2v) is 6.63. The zero-order chi connectivity index (χ0) is 16.2. The maximum absolute atomic E-state index is 11.6. The number of aromatic amines is 1. The Morgan fingerprint density at radius 2 is 2.30 bits per heavy atom. The van der Waals surface area contributed by atoms with Gasteiger partial charge in [-0.1, -0.05) is 51.9 Å². The lowest BCUT2D eigenvalue weighted by molar-refractivity contribution is 0.391. The number of nitrogens with one attached hydrogen (secondary N) is 1. The molecule has 0 amide bonds. The van der Waals surface area contributed by atoms with Crippen molar-refractivity contribution in [3.8, 4) is 11.4 Å². The molecule has 3 rings (SSSR count). The highest BCUT2D eigenvalue weighted by Crippen LogP contribution is 2.23. The van der Waals surface area contributed by atoms with Crippen LogP contribution in [0.1, 0.15) is 19.2 Å². The number of nitrogens with zero attached hydrogens (tertiary/aromatic N) is 4. The quantitative estimate of drug-likeness (QED) is 0.644. The van der Waals surface area contributed by atoms with Crippen LogP contribution in [0.15, 0.2) is 43.2 Å². The van der Waals surface area contributed by atoms with E-state index in [-0.39, 0.29) is 5.69 Å². The fourth-order valence-electron chi connectivity index (χ4n) is 2.02. The monoisotopic (exact) mass is 395 g/mol. The highest BCUT2D eigenvalue weighted by molar-refractivity contribution is 9.10. The normalized spacial score (nSPS) is 11.0. The summed E-state index contributed by atoms with van der Waals surface area (Å²) in [5, 5.41) is 11.1. The molecule has 1 N–H and O–H groups in total. The van der Waals surface area contributed by atoms with Gasteiger partial charge in [0.2, 0.25) is 11.7 Å². The molecular formula is C14H14BrN5O2S. The van der Waals surface area contributed by atoms with Gasteiger partial charge in [-0.25, -0.2) is 9.89 Å². The number of hydrogen-bond donors (Lipinski definition) is 1. The molecule has 1 aromatic carbocycles. The zero-order valence-electron chi connectivity index (χ0n) is 12.3. The van der Waals surface area contributed by atoms with Crippen molar-refractivity contribution in [2.75, 3.05) is 0 Å². The first kappa shape index (κ1) is 16.0. The third-order valence-corrected chi connectivity index (χ3v) is 4.50. The van der Waals surface area contributed by atoms with Gasteiger partial charge in [-0.3, -0.25) is 4.57 Å². The topological polar surface area (TPSA) is 89.6 Å². The minimum Gasteiger partial charge on any atom is -0.338 e. The average Bonchev–Trinajstić information content (AvgIpc) is 3.14. The number of thioether (sulfide) groups is 1. The van der Waals surface area contributed by atoms with E-state index in [4.69, 9.17) is 4.52 Å². The Hall–Kier alpha value is -1.87. The van der Waals surface area contributed by atoms with Crippen LogP contribution in [0.3, 0.4) is 0 Å². The van der Waals surface area contributed by atoms with Crippen LogP contribution in [0, 0.1) is 0 Å². The third-order valence-electron chi connectivity index (χ3n) is 3.05. The fourth-order valence-corrected chi connectivity index (χ4v) is 3.23. The van der Waals surface area contributed by atoms with Crippen LogP contribution in [0.25, 0.3) is 11.4 Å². The Kier molecular flexibility index (Phi) is 4.97. The first-order valence-corrected chi connectivity index (χ1v) is 8.81. The van der Waals surface area contributed by atoms with E-state index in [9.17, 15) is 4.79 Å². The maximum Gasteiger partial charge on any atom is 0.343 e. The van der Waals surface area contributed by atoms with Gasteiger partial charge < -0.3 is 4.52 Å². The molecule has 0 spiro atoms. The van der Waals surface area contributed by atoms with Crippen LogP contribution in [-0.4, -0.2) is 24.9 Å². The summed E-state index contributed by atoms with van der Waals surface area (Å²) in [7, 11) is 0. The fraction of sp³-hybridized carbons (Fsp3) is 0.286. The van der Waals surface area contributed by atoms with Gasteiger partial charge in [0.15, 0.2) is 5.16 Å². The predicted molar refractivity (Wildman–Crippen MR) is 90.1 cm³/mol. The van der Waals surface area contributed by atoms with Crippen LogP contribution >= 0.6 is 27.7 Å². The maximum atomic E-state index is 11.6. The lowest BCUT2D eigenvalue weighted by Crippen LogP contribution is -2.17. The zero-order valence-corrected chi connectivity index (χ0v) is 14.7. The van der Waals surface area contributed by atoms with E-state index in [1.165, 1.54) is 11.8 Å². The van der Waals surface area contributed by atoms with Gasteiger partial charge in [-0.2, -0.15) is 4.98 Å². The van der Waals surface area contributed by atoms with E-state index in [0.717, 1.165) is 16.5 Å². The van der Waals surface area contributed by atoms with Gasteiger partial charge in [-0.05, 0) is 18.6 Å². The molecule has 0 aliphatic heterocycles. The van der Waals surface area contributed by atoms with Crippen molar-refractivity contribution in [2.45, 2.75) is 30.8 Å². The summed E-state index contributed by atoms with van der Waals surface area (Å²) in [6.45, 7) is 2.64. The molecule has 0 saturated heterocycles. The first-order chi connectivity index (χ1) is 11.2. The van der Waals surface area contributed by atoms with Crippen LogP contribution < -0.4 is 5.69 Å². The van der Waals surface area contributed by atoms with E-state index >= 15 is 0 Å². The van der Waals surface area contributed by atoms with E-state index in [0.29, 0.717) is 29.2 Å². The second-order valence-electron chi connectivity index (χ2n) is 4.77. The SMILES string of the molecule is CCCn1c(SCc2nc(-c3cccc(Br)c3)no2)n[nH]c1=O. The van der Waals surface area contributed by atoms with Gasteiger partial charge in [0.05, 0.1) is 5.75 Å². The van der Waals surface area contributed by atoms with Gasteiger partial charge in [-0.15, -0.1) is 5.10 Å². The molecule has 0 aliphatic rings. The van der Waals surface area contributed by atoms with Crippen molar-refractivity contribution in [1.82, 2.24) is 24.9 Å². The van der Waals surface area contributed by atoms with Crippen molar-refractivity contribution >= 4 is 27.7 Å². The lowest BCUT2D eigenvalue weighted by atomic mass is 10.2. The number of rotatable bonds is 6.